The number of hydrogen-bond acceptors (Lipinski definition) is 8. The number of aliphatic hydroxyl groups is 2. The Hall–Kier alpha value is -2.32. The predicted molar refractivity (Wildman–Crippen MR) is 80.5 cm³/mol. The molecule has 3 N–H and O–H groups in total. The first-order valence-electron chi connectivity index (χ1n) is 7.43. The van der Waals surface area contributed by atoms with Crippen LogP contribution in [0, 0.1) is 0 Å². The van der Waals surface area contributed by atoms with E-state index in [2.05, 4.69) is 0 Å². The van der Waals surface area contributed by atoms with Gasteiger partial charge in [-0.15, -0.1) is 0 Å². The van der Waals surface area contributed by atoms with Gasteiger partial charge in [-0.1, -0.05) is 6.07 Å². The van der Waals surface area contributed by atoms with Crippen LogP contribution in [0.4, 0.5) is 0 Å². The minimum atomic E-state index is -2.53. The molecule has 8 heteroatoms. The first-order chi connectivity index (χ1) is 11.3. The van der Waals surface area contributed by atoms with Gasteiger partial charge in [0.2, 0.25) is 11.2 Å². The molecule has 0 aromatic heterocycles. The molecular weight excluding hydrogens is 320 g/mol. The number of benzene rings is 1. The van der Waals surface area contributed by atoms with Gasteiger partial charge in [0.25, 0.3) is 0 Å². The normalized spacial score (nSPS) is 22.6. The minimum absolute atomic E-state index is 0.0365. The van der Waals surface area contributed by atoms with Crippen LogP contribution in [-0.4, -0.2) is 58.8 Å². The van der Waals surface area contributed by atoms with Crippen LogP contribution in [0.5, 0.6) is 11.5 Å². The molecule has 1 aromatic carbocycles. The van der Waals surface area contributed by atoms with Crippen molar-refractivity contribution in [2.45, 2.75) is 31.0 Å². The van der Waals surface area contributed by atoms with Crippen molar-refractivity contribution in [2.24, 2.45) is 0 Å². The number of phenols is 1. The summed E-state index contributed by atoms with van der Waals surface area (Å²) in [5, 5.41) is 31.1. The second kappa shape index (κ2) is 6.66. The van der Waals surface area contributed by atoms with Gasteiger partial charge in [-0.3, -0.25) is 0 Å². The molecule has 2 atom stereocenters. The molecule has 0 saturated carbocycles. The molecule has 1 heterocycles. The highest BCUT2D eigenvalue weighted by molar-refractivity contribution is 5.93. The Labute approximate surface area is 138 Å². The molecule has 1 aliphatic heterocycles. The van der Waals surface area contributed by atoms with Crippen LogP contribution < -0.4 is 4.74 Å². The zero-order valence-electron chi connectivity index (χ0n) is 13.4. The van der Waals surface area contributed by atoms with Crippen LogP contribution >= 0.6 is 0 Å². The number of carbonyl (C=O) groups excluding carboxylic acids is 2. The number of aromatic hydroxyl groups is 1. The van der Waals surface area contributed by atoms with Gasteiger partial charge in [0.15, 0.2) is 11.5 Å². The number of hydrogen-bond donors (Lipinski definition) is 3. The summed E-state index contributed by atoms with van der Waals surface area (Å²) in [6.07, 6.45) is -0.662. The standard InChI is InChI=1S/C16H20O8/c1-3-23-14(19)16(21,15(20)6-7-24-13(15)18)9-10-4-5-11(17)12(8-10)22-2/h4-5,8,17,20-21H,3,6-7,9H2,1-2H3. The smallest absolute Gasteiger partial charge is 0.342 e. The minimum Gasteiger partial charge on any atom is -0.504 e. The molecule has 8 nitrogen and oxygen atoms in total. The molecule has 1 fully saturated rings. The zero-order valence-corrected chi connectivity index (χ0v) is 13.4. The Morgan fingerprint density at radius 1 is 1.46 bits per heavy atom. The molecular formula is C16H20O8. The Morgan fingerprint density at radius 3 is 2.71 bits per heavy atom. The van der Waals surface area contributed by atoms with Crippen molar-refractivity contribution in [1.82, 2.24) is 0 Å². The first kappa shape index (κ1) is 18.0. The number of rotatable bonds is 6. The number of ether oxygens (including phenoxy) is 3. The molecule has 0 bridgehead atoms. The van der Waals surface area contributed by atoms with Gasteiger partial charge in [0.05, 0.1) is 20.3 Å². The fourth-order valence-corrected chi connectivity index (χ4v) is 2.65. The van der Waals surface area contributed by atoms with Crippen molar-refractivity contribution in [3.63, 3.8) is 0 Å². The maximum absolute atomic E-state index is 12.3. The molecule has 0 radical (unpaired) electrons. The molecule has 2 rings (SSSR count). The number of cyclic esters (lactones) is 1. The lowest BCUT2D eigenvalue weighted by Gasteiger charge is -2.35. The predicted octanol–water partition coefficient (Wildman–Crippen LogP) is -0.0845. The highest BCUT2D eigenvalue weighted by Crippen LogP contribution is 2.37. The van der Waals surface area contributed by atoms with E-state index in [0.717, 1.165) is 0 Å². The summed E-state index contributed by atoms with van der Waals surface area (Å²) >= 11 is 0. The SMILES string of the molecule is CCOC(=O)C(O)(Cc1ccc(O)c(OC)c1)C1(O)CCOC1=O. The van der Waals surface area contributed by atoms with E-state index in [4.69, 9.17) is 14.2 Å². The van der Waals surface area contributed by atoms with Crippen molar-refractivity contribution in [3.8, 4) is 11.5 Å². The summed E-state index contributed by atoms with van der Waals surface area (Å²) in [6.45, 7) is 1.39. The van der Waals surface area contributed by atoms with Gasteiger partial charge in [0.1, 0.15) is 0 Å². The van der Waals surface area contributed by atoms with Crippen LogP contribution in [0.3, 0.4) is 0 Å². The number of methoxy groups -OCH3 is 1. The van der Waals surface area contributed by atoms with Crippen LogP contribution in [0.2, 0.25) is 0 Å². The Morgan fingerprint density at radius 2 is 2.17 bits per heavy atom. The first-order valence-corrected chi connectivity index (χ1v) is 7.43. The van der Waals surface area contributed by atoms with Gasteiger partial charge >= 0.3 is 11.9 Å². The highest BCUT2D eigenvalue weighted by Gasteiger charge is 2.63. The topological polar surface area (TPSA) is 123 Å². The number of esters is 2. The average Bonchev–Trinajstić information content (AvgIpc) is 2.90. The van der Waals surface area contributed by atoms with Gasteiger partial charge in [-0.05, 0) is 24.6 Å². The second-order valence-corrected chi connectivity index (χ2v) is 5.51. The molecule has 2 unspecified atom stereocenters. The van der Waals surface area contributed by atoms with Gasteiger partial charge in [-0.2, -0.15) is 0 Å². The second-order valence-electron chi connectivity index (χ2n) is 5.51. The van der Waals surface area contributed by atoms with Crippen LogP contribution in [0.1, 0.15) is 18.9 Å². The number of carbonyl (C=O) groups is 2. The molecule has 132 valence electrons. The van der Waals surface area contributed by atoms with Crippen LogP contribution in [-0.2, 0) is 25.5 Å². The summed E-state index contributed by atoms with van der Waals surface area (Å²) in [5.74, 6) is -2.21. The third-order valence-electron chi connectivity index (χ3n) is 4.04. The Bertz CT molecular complexity index is 643. The van der Waals surface area contributed by atoms with Crippen LogP contribution in [0.15, 0.2) is 18.2 Å². The summed E-state index contributed by atoms with van der Waals surface area (Å²) in [4.78, 5) is 24.2. The fraction of sp³-hybridized carbons (Fsp3) is 0.500. The Balaban J connectivity index is 2.44. The van der Waals surface area contributed by atoms with E-state index in [1.807, 2.05) is 0 Å². The van der Waals surface area contributed by atoms with Crippen molar-refractivity contribution >= 4 is 11.9 Å². The van der Waals surface area contributed by atoms with E-state index in [0.29, 0.717) is 5.56 Å². The fourth-order valence-electron chi connectivity index (χ4n) is 2.65. The molecule has 1 aromatic rings. The van der Waals surface area contributed by atoms with Crippen molar-refractivity contribution < 1.29 is 39.1 Å². The molecule has 1 saturated heterocycles. The quantitative estimate of drug-likeness (QED) is 0.614. The molecule has 0 spiro atoms. The van der Waals surface area contributed by atoms with E-state index >= 15 is 0 Å². The maximum atomic E-state index is 12.3. The number of phenolic OH excluding ortho intramolecular Hbond substituents is 1. The maximum Gasteiger partial charge on any atom is 0.342 e. The third kappa shape index (κ3) is 2.90. The van der Waals surface area contributed by atoms with E-state index in [1.165, 1.54) is 25.3 Å². The van der Waals surface area contributed by atoms with Crippen molar-refractivity contribution in [1.29, 1.82) is 0 Å². The summed E-state index contributed by atoms with van der Waals surface area (Å²) in [7, 11) is 1.35. The average molecular weight is 340 g/mol. The Kier molecular flexibility index (Phi) is 5.00. The lowest BCUT2D eigenvalue weighted by molar-refractivity contribution is -0.202. The summed E-state index contributed by atoms with van der Waals surface area (Å²) in [6, 6.07) is 4.14. The third-order valence-corrected chi connectivity index (χ3v) is 4.04. The summed E-state index contributed by atoms with van der Waals surface area (Å²) in [5.41, 5.74) is -4.59. The largest absolute Gasteiger partial charge is 0.504 e. The lowest BCUT2D eigenvalue weighted by Crippen LogP contribution is -2.63. The van der Waals surface area contributed by atoms with E-state index in [9.17, 15) is 24.9 Å². The monoisotopic (exact) mass is 340 g/mol. The van der Waals surface area contributed by atoms with Crippen molar-refractivity contribution in [3.05, 3.63) is 23.8 Å². The van der Waals surface area contributed by atoms with Crippen LogP contribution in [0.25, 0.3) is 0 Å². The van der Waals surface area contributed by atoms with Gasteiger partial charge in [0, 0.05) is 12.8 Å². The van der Waals surface area contributed by atoms with E-state index < -0.39 is 29.6 Å². The van der Waals surface area contributed by atoms with E-state index in [-0.39, 0.29) is 31.1 Å². The van der Waals surface area contributed by atoms with Crippen molar-refractivity contribution in [2.75, 3.05) is 20.3 Å². The molecule has 1 aliphatic rings. The van der Waals surface area contributed by atoms with Gasteiger partial charge in [-0.25, -0.2) is 9.59 Å². The lowest BCUT2D eigenvalue weighted by atomic mass is 9.77. The zero-order chi connectivity index (χ0) is 18.0. The molecule has 0 amide bonds. The highest BCUT2D eigenvalue weighted by atomic mass is 16.6. The summed E-state index contributed by atoms with van der Waals surface area (Å²) < 4.78 is 14.5. The van der Waals surface area contributed by atoms with Gasteiger partial charge < -0.3 is 29.5 Å². The van der Waals surface area contributed by atoms with E-state index in [1.54, 1.807) is 6.92 Å². The molecule has 0 aliphatic carbocycles. The molecule has 24 heavy (non-hydrogen) atoms.